The van der Waals surface area contributed by atoms with Crippen molar-refractivity contribution in [2.75, 3.05) is 7.05 Å². The molecule has 136 valence electrons. The molecule has 0 bridgehead atoms. The van der Waals surface area contributed by atoms with Gasteiger partial charge in [-0.2, -0.15) is 0 Å². The summed E-state index contributed by atoms with van der Waals surface area (Å²) in [5.74, 6) is -0.940. The van der Waals surface area contributed by atoms with Crippen LogP contribution >= 0.6 is 15.9 Å². The Morgan fingerprint density at radius 3 is 2.15 bits per heavy atom. The molecule has 2 amide bonds. The molecule has 0 radical (unpaired) electrons. The number of aromatic nitrogens is 1. The summed E-state index contributed by atoms with van der Waals surface area (Å²) >= 11 is 3.19. The first kappa shape index (κ1) is 17.7. The average molecular weight is 445 g/mol. The van der Waals surface area contributed by atoms with Gasteiger partial charge in [0.1, 0.15) is 0 Å². The fourth-order valence-electron chi connectivity index (χ4n) is 3.10. The summed E-state index contributed by atoms with van der Waals surface area (Å²) in [6, 6.07) is 14.9. The summed E-state index contributed by atoms with van der Waals surface area (Å²) in [4.78, 5) is 25.8. The molecule has 4 rings (SSSR count). The molecule has 0 aliphatic carbocycles. The van der Waals surface area contributed by atoms with Crippen molar-refractivity contribution in [3.63, 3.8) is 0 Å². The first-order valence-corrected chi connectivity index (χ1v) is 10.2. The van der Waals surface area contributed by atoms with Crippen LogP contribution in [0.25, 0.3) is 16.5 Å². The molecule has 2 heterocycles. The molecule has 0 unspecified atom stereocenters. The van der Waals surface area contributed by atoms with Crippen molar-refractivity contribution >= 4 is 54.2 Å². The van der Waals surface area contributed by atoms with Crippen LogP contribution in [0.2, 0.25) is 0 Å². The Bertz CT molecular complexity index is 1240. The van der Waals surface area contributed by atoms with Crippen molar-refractivity contribution in [2.45, 2.75) is 4.90 Å². The summed E-state index contributed by atoms with van der Waals surface area (Å²) < 4.78 is 27.6. The Hall–Kier alpha value is -2.71. The first-order chi connectivity index (χ1) is 12.8. The van der Waals surface area contributed by atoms with Gasteiger partial charge < -0.3 is 0 Å². The normalized spacial score (nSPS) is 15.3. The number of rotatable bonds is 3. The SMILES string of the molecule is CN1C(=O)C(Br)=C(c2cn(S(=O)(=O)c3ccccc3)c3ccccc23)C1=O. The number of hydrogen-bond donors (Lipinski definition) is 0. The highest BCUT2D eigenvalue weighted by Crippen LogP contribution is 2.37. The van der Waals surface area contributed by atoms with Crippen LogP contribution in [0.1, 0.15) is 5.56 Å². The average Bonchev–Trinajstić information content (AvgIpc) is 3.15. The van der Waals surface area contributed by atoms with Crippen LogP contribution in [0.5, 0.6) is 0 Å². The monoisotopic (exact) mass is 444 g/mol. The zero-order valence-corrected chi connectivity index (χ0v) is 16.5. The summed E-state index contributed by atoms with van der Waals surface area (Å²) in [6.07, 6.45) is 1.40. The lowest BCUT2D eigenvalue weighted by Gasteiger charge is -2.07. The van der Waals surface area contributed by atoms with Gasteiger partial charge in [-0.15, -0.1) is 0 Å². The fourth-order valence-corrected chi connectivity index (χ4v) is 5.14. The van der Waals surface area contributed by atoms with E-state index in [2.05, 4.69) is 15.9 Å². The lowest BCUT2D eigenvalue weighted by molar-refractivity contribution is -0.134. The van der Waals surface area contributed by atoms with Gasteiger partial charge in [-0.25, -0.2) is 12.4 Å². The molecule has 1 aliphatic heterocycles. The van der Waals surface area contributed by atoms with Gasteiger partial charge in [-0.3, -0.25) is 14.5 Å². The highest BCUT2D eigenvalue weighted by molar-refractivity contribution is 9.12. The standard InChI is InChI=1S/C19H13BrN2O4S/c1-21-18(23)16(17(20)19(21)24)14-11-22(15-10-6-5-9-13(14)15)27(25,26)12-7-3-2-4-8-12/h2-11H,1H3. The number of amides is 2. The Morgan fingerprint density at radius 1 is 0.889 bits per heavy atom. The molecule has 8 heteroatoms. The molecule has 1 aromatic heterocycles. The number of halogens is 1. The van der Waals surface area contributed by atoms with E-state index >= 15 is 0 Å². The Labute approximate surface area is 163 Å². The Kier molecular flexibility index (Phi) is 4.05. The van der Waals surface area contributed by atoms with E-state index in [9.17, 15) is 18.0 Å². The van der Waals surface area contributed by atoms with Gasteiger partial charge in [0.25, 0.3) is 21.8 Å². The van der Waals surface area contributed by atoms with Gasteiger partial charge >= 0.3 is 0 Å². The minimum Gasteiger partial charge on any atom is -0.277 e. The second kappa shape index (κ2) is 6.17. The largest absolute Gasteiger partial charge is 0.277 e. The minimum absolute atomic E-state index is 0.120. The maximum absolute atomic E-state index is 13.1. The van der Waals surface area contributed by atoms with Gasteiger partial charge in [0, 0.05) is 24.2 Å². The maximum atomic E-state index is 13.1. The third kappa shape index (κ3) is 2.55. The van der Waals surface area contributed by atoms with E-state index in [0.717, 1.165) is 8.87 Å². The van der Waals surface area contributed by atoms with Crippen molar-refractivity contribution in [1.82, 2.24) is 8.87 Å². The number of hydrogen-bond acceptors (Lipinski definition) is 4. The predicted octanol–water partition coefficient (Wildman–Crippen LogP) is 2.98. The van der Waals surface area contributed by atoms with Gasteiger partial charge in [0.05, 0.1) is 20.5 Å². The first-order valence-electron chi connectivity index (χ1n) is 7.97. The zero-order valence-electron chi connectivity index (χ0n) is 14.1. The molecule has 0 saturated carbocycles. The number of fused-ring (bicyclic) bond motifs is 1. The quantitative estimate of drug-likeness (QED) is 0.581. The minimum atomic E-state index is -3.87. The van der Waals surface area contributed by atoms with E-state index in [1.807, 2.05) is 0 Å². The van der Waals surface area contributed by atoms with Crippen LogP contribution in [-0.2, 0) is 19.6 Å². The molecule has 0 N–H and O–H groups in total. The molecule has 0 fully saturated rings. The highest BCUT2D eigenvalue weighted by Gasteiger charge is 2.37. The lowest BCUT2D eigenvalue weighted by Crippen LogP contribution is -2.26. The van der Waals surface area contributed by atoms with Crippen LogP contribution in [0, 0.1) is 0 Å². The van der Waals surface area contributed by atoms with Crippen LogP contribution in [0.3, 0.4) is 0 Å². The Balaban J connectivity index is 2.03. The Morgan fingerprint density at radius 2 is 1.52 bits per heavy atom. The van der Waals surface area contributed by atoms with Crippen LogP contribution in [0.15, 0.2) is 70.2 Å². The van der Waals surface area contributed by atoms with E-state index in [1.54, 1.807) is 42.5 Å². The van der Waals surface area contributed by atoms with Gasteiger partial charge in [0.2, 0.25) is 0 Å². The number of nitrogens with zero attached hydrogens (tertiary/aromatic N) is 2. The van der Waals surface area contributed by atoms with Crippen molar-refractivity contribution in [1.29, 1.82) is 0 Å². The van der Waals surface area contributed by atoms with Crippen LogP contribution in [-0.4, -0.2) is 36.2 Å². The van der Waals surface area contributed by atoms with E-state index in [-0.39, 0.29) is 15.0 Å². The number of benzene rings is 2. The molecule has 27 heavy (non-hydrogen) atoms. The zero-order chi connectivity index (χ0) is 19.3. The van der Waals surface area contributed by atoms with E-state index in [4.69, 9.17) is 0 Å². The molecule has 0 atom stereocenters. The summed E-state index contributed by atoms with van der Waals surface area (Å²) in [5, 5.41) is 0.570. The molecular weight excluding hydrogens is 432 g/mol. The molecule has 3 aromatic rings. The van der Waals surface area contributed by atoms with Crippen molar-refractivity contribution in [3.05, 3.63) is 70.8 Å². The maximum Gasteiger partial charge on any atom is 0.268 e. The topological polar surface area (TPSA) is 76.5 Å². The number of likely N-dealkylation sites (N-methyl/N-ethyl adjacent to an activating group) is 1. The number of carbonyl (C=O) groups excluding carboxylic acids is 2. The van der Waals surface area contributed by atoms with Gasteiger partial charge in [-0.1, -0.05) is 36.4 Å². The smallest absolute Gasteiger partial charge is 0.268 e. The van der Waals surface area contributed by atoms with Crippen molar-refractivity contribution < 1.29 is 18.0 Å². The molecular formula is C19H13BrN2O4S. The molecule has 1 aliphatic rings. The van der Waals surface area contributed by atoms with E-state index in [1.165, 1.54) is 25.4 Å². The van der Waals surface area contributed by atoms with Crippen LogP contribution in [0.4, 0.5) is 0 Å². The van der Waals surface area contributed by atoms with E-state index in [0.29, 0.717) is 16.5 Å². The molecule has 6 nitrogen and oxygen atoms in total. The molecule has 2 aromatic carbocycles. The number of para-hydroxylation sites is 1. The van der Waals surface area contributed by atoms with Crippen LogP contribution < -0.4 is 0 Å². The molecule has 0 spiro atoms. The third-order valence-corrected chi connectivity index (χ3v) is 6.90. The van der Waals surface area contributed by atoms with E-state index < -0.39 is 21.8 Å². The van der Waals surface area contributed by atoms with Crippen molar-refractivity contribution in [2.24, 2.45) is 0 Å². The highest BCUT2D eigenvalue weighted by atomic mass is 79.9. The summed E-state index contributed by atoms with van der Waals surface area (Å²) in [7, 11) is -2.48. The van der Waals surface area contributed by atoms with Gasteiger partial charge in [0.15, 0.2) is 0 Å². The number of carbonyl (C=O) groups is 2. The van der Waals surface area contributed by atoms with Gasteiger partial charge in [-0.05, 0) is 34.1 Å². The predicted molar refractivity (Wildman–Crippen MR) is 105 cm³/mol. The van der Waals surface area contributed by atoms with Crippen molar-refractivity contribution in [3.8, 4) is 0 Å². The molecule has 0 saturated heterocycles. The lowest BCUT2D eigenvalue weighted by atomic mass is 10.1. The summed E-state index contributed by atoms with van der Waals surface area (Å²) in [6.45, 7) is 0. The number of imide groups is 1. The summed E-state index contributed by atoms with van der Waals surface area (Å²) in [5.41, 5.74) is 0.972. The third-order valence-electron chi connectivity index (χ3n) is 4.48. The fraction of sp³-hybridized carbons (Fsp3) is 0.0526. The second-order valence-electron chi connectivity index (χ2n) is 6.03. The second-order valence-corrected chi connectivity index (χ2v) is 8.64.